The molecule has 0 bridgehead atoms. The van der Waals surface area contributed by atoms with Gasteiger partial charge in [-0.2, -0.15) is 0 Å². The summed E-state index contributed by atoms with van der Waals surface area (Å²) in [6.45, 7) is 3.08. The molecule has 19 heavy (non-hydrogen) atoms. The fourth-order valence-electron chi connectivity index (χ4n) is 2.09. The molecule has 0 spiro atoms. The number of nitrogens with one attached hydrogen (secondary N) is 1. The Kier molecular flexibility index (Phi) is 5.43. The maximum atomic E-state index is 5.43. The van der Waals surface area contributed by atoms with E-state index in [1.807, 2.05) is 6.07 Å². The Morgan fingerprint density at radius 1 is 1.26 bits per heavy atom. The van der Waals surface area contributed by atoms with E-state index in [9.17, 15) is 0 Å². The molecule has 0 aliphatic rings. The number of methoxy groups -OCH3 is 1. The van der Waals surface area contributed by atoms with Crippen molar-refractivity contribution in [3.63, 3.8) is 0 Å². The number of hydrogen-bond acceptors (Lipinski definition) is 3. The van der Waals surface area contributed by atoms with E-state index in [0.717, 1.165) is 23.2 Å². The Morgan fingerprint density at radius 2 is 2.00 bits per heavy atom. The fraction of sp³-hybridized carbons (Fsp3) is 0.333. The highest BCUT2D eigenvalue weighted by Crippen LogP contribution is 2.32. The molecule has 1 aromatic heterocycles. The molecule has 0 aliphatic heterocycles. The van der Waals surface area contributed by atoms with Crippen molar-refractivity contribution in [1.82, 2.24) is 5.32 Å². The summed E-state index contributed by atoms with van der Waals surface area (Å²) in [5.41, 5.74) is 1.32. The molecule has 1 atom stereocenters. The van der Waals surface area contributed by atoms with Crippen LogP contribution in [-0.4, -0.2) is 13.7 Å². The molecule has 0 amide bonds. The lowest BCUT2D eigenvalue weighted by Gasteiger charge is -2.18. The predicted octanol–water partition coefficient (Wildman–Crippen LogP) is 4.41. The third kappa shape index (κ3) is 3.81. The molecule has 2 aromatic rings. The highest BCUT2D eigenvalue weighted by molar-refractivity contribution is 9.10. The van der Waals surface area contributed by atoms with Gasteiger partial charge in [0.1, 0.15) is 5.75 Å². The van der Waals surface area contributed by atoms with E-state index in [1.54, 1.807) is 18.4 Å². The van der Waals surface area contributed by atoms with E-state index in [1.165, 1.54) is 10.4 Å². The Bertz CT molecular complexity index is 509. The molecular formula is C15H18BrNOS. The number of hydrogen-bond donors (Lipinski definition) is 1. The van der Waals surface area contributed by atoms with Gasteiger partial charge in [0.15, 0.2) is 0 Å². The Balaban J connectivity index is 2.18. The van der Waals surface area contributed by atoms with Crippen molar-refractivity contribution >= 4 is 27.3 Å². The van der Waals surface area contributed by atoms with Crippen LogP contribution in [-0.2, 0) is 6.42 Å². The molecule has 1 N–H and O–H groups in total. The van der Waals surface area contributed by atoms with Gasteiger partial charge in [-0.3, -0.25) is 0 Å². The quantitative estimate of drug-likeness (QED) is 0.841. The second kappa shape index (κ2) is 7.08. The van der Waals surface area contributed by atoms with Crippen molar-refractivity contribution in [3.05, 3.63) is 50.6 Å². The van der Waals surface area contributed by atoms with Crippen LogP contribution in [0.1, 0.15) is 23.4 Å². The molecule has 102 valence electrons. The van der Waals surface area contributed by atoms with Gasteiger partial charge in [-0.15, -0.1) is 11.3 Å². The van der Waals surface area contributed by atoms with E-state index in [4.69, 9.17) is 4.74 Å². The van der Waals surface area contributed by atoms with E-state index in [-0.39, 0.29) is 0 Å². The maximum Gasteiger partial charge on any atom is 0.134 e. The van der Waals surface area contributed by atoms with Gasteiger partial charge in [-0.25, -0.2) is 0 Å². The molecule has 1 aromatic carbocycles. The lowest BCUT2D eigenvalue weighted by atomic mass is 10.0. The maximum absolute atomic E-state index is 5.43. The number of thiophene rings is 1. The average molecular weight is 340 g/mol. The van der Waals surface area contributed by atoms with Crippen LogP contribution in [0, 0.1) is 0 Å². The average Bonchev–Trinajstić information content (AvgIpc) is 2.89. The SMILES string of the molecule is CCNC(Cc1ccc(Br)cc1)c1sccc1OC. The summed E-state index contributed by atoms with van der Waals surface area (Å²) in [5, 5.41) is 5.62. The molecule has 0 fully saturated rings. The van der Waals surface area contributed by atoms with Crippen LogP contribution in [0.3, 0.4) is 0 Å². The van der Waals surface area contributed by atoms with E-state index < -0.39 is 0 Å². The van der Waals surface area contributed by atoms with E-state index >= 15 is 0 Å². The molecule has 2 nitrogen and oxygen atoms in total. The molecule has 2 rings (SSSR count). The van der Waals surface area contributed by atoms with Crippen LogP contribution in [0.2, 0.25) is 0 Å². The van der Waals surface area contributed by atoms with Gasteiger partial charge >= 0.3 is 0 Å². The van der Waals surface area contributed by atoms with Crippen molar-refractivity contribution in [2.75, 3.05) is 13.7 Å². The first kappa shape index (κ1) is 14.6. The zero-order valence-corrected chi connectivity index (χ0v) is 13.6. The van der Waals surface area contributed by atoms with Gasteiger partial charge < -0.3 is 10.1 Å². The molecule has 1 unspecified atom stereocenters. The summed E-state index contributed by atoms with van der Waals surface area (Å²) >= 11 is 5.22. The molecule has 0 saturated heterocycles. The summed E-state index contributed by atoms with van der Waals surface area (Å²) in [5.74, 6) is 0.980. The second-order valence-corrected chi connectivity index (χ2v) is 6.16. The first-order valence-electron chi connectivity index (χ1n) is 6.33. The largest absolute Gasteiger partial charge is 0.496 e. The molecule has 1 heterocycles. The van der Waals surface area contributed by atoms with Crippen molar-refractivity contribution in [2.24, 2.45) is 0 Å². The summed E-state index contributed by atoms with van der Waals surface area (Å²) in [7, 11) is 1.73. The van der Waals surface area contributed by atoms with Crippen molar-refractivity contribution in [2.45, 2.75) is 19.4 Å². The standard InChI is InChI=1S/C15H18BrNOS/c1-3-17-13(15-14(18-2)8-9-19-15)10-11-4-6-12(16)7-5-11/h4-9,13,17H,3,10H2,1-2H3. The van der Waals surface area contributed by atoms with Gasteiger partial charge in [0.2, 0.25) is 0 Å². The van der Waals surface area contributed by atoms with Crippen molar-refractivity contribution < 1.29 is 4.74 Å². The molecule has 0 radical (unpaired) electrons. The fourth-order valence-corrected chi connectivity index (χ4v) is 3.29. The topological polar surface area (TPSA) is 21.3 Å². The molecular weight excluding hydrogens is 322 g/mol. The predicted molar refractivity (Wildman–Crippen MR) is 85.1 cm³/mol. The van der Waals surface area contributed by atoms with Crippen LogP contribution in [0.25, 0.3) is 0 Å². The summed E-state index contributed by atoms with van der Waals surface area (Å²) in [6.07, 6.45) is 0.970. The molecule has 4 heteroatoms. The van der Waals surface area contributed by atoms with E-state index in [2.05, 4.69) is 57.8 Å². The highest BCUT2D eigenvalue weighted by atomic mass is 79.9. The number of ether oxygens (including phenoxy) is 1. The highest BCUT2D eigenvalue weighted by Gasteiger charge is 2.17. The minimum atomic E-state index is 0.307. The number of halogens is 1. The summed E-state index contributed by atoms with van der Waals surface area (Å²) in [4.78, 5) is 1.27. The van der Waals surface area contributed by atoms with Gasteiger partial charge in [-0.05, 0) is 42.1 Å². The monoisotopic (exact) mass is 339 g/mol. The number of rotatable bonds is 6. The third-order valence-electron chi connectivity index (χ3n) is 3.00. The van der Waals surface area contributed by atoms with Crippen LogP contribution in [0.4, 0.5) is 0 Å². The molecule has 0 saturated carbocycles. The Morgan fingerprint density at radius 3 is 2.63 bits per heavy atom. The smallest absolute Gasteiger partial charge is 0.134 e. The number of likely N-dealkylation sites (N-methyl/N-ethyl adjacent to an activating group) is 1. The van der Waals surface area contributed by atoms with Crippen LogP contribution >= 0.6 is 27.3 Å². The van der Waals surface area contributed by atoms with Gasteiger partial charge in [0, 0.05) is 10.5 Å². The number of benzene rings is 1. The third-order valence-corrected chi connectivity index (χ3v) is 4.54. The van der Waals surface area contributed by atoms with Gasteiger partial charge in [-0.1, -0.05) is 35.0 Å². The second-order valence-electron chi connectivity index (χ2n) is 4.29. The van der Waals surface area contributed by atoms with Crippen molar-refractivity contribution in [3.8, 4) is 5.75 Å². The van der Waals surface area contributed by atoms with Crippen LogP contribution in [0.5, 0.6) is 5.75 Å². The lowest BCUT2D eigenvalue weighted by molar-refractivity contribution is 0.403. The minimum Gasteiger partial charge on any atom is -0.496 e. The Hall–Kier alpha value is -0.840. The van der Waals surface area contributed by atoms with Crippen molar-refractivity contribution in [1.29, 1.82) is 0 Å². The molecule has 0 aliphatic carbocycles. The van der Waals surface area contributed by atoms with Gasteiger partial charge in [0.25, 0.3) is 0 Å². The summed E-state index contributed by atoms with van der Waals surface area (Å²) in [6, 6.07) is 10.8. The van der Waals surface area contributed by atoms with Crippen LogP contribution in [0.15, 0.2) is 40.2 Å². The first-order chi connectivity index (χ1) is 9.24. The normalized spacial score (nSPS) is 12.4. The van der Waals surface area contributed by atoms with Gasteiger partial charge in [0.05, 0.1) is 12.0 Å². The Labute approximate surface area is 126 Å². The minimum absolute atomic E-state index is 0.307. The zero-order chi connectivity index (χ0) is 13.7. The summed E-state index contributed by atoms with van der Waals surface area (Å²) < 4.78 is 6.55. The van der Waals surface area contributed by atoms with E-state index in [0.29, 0.717) is 6.04 Å². The first-order valence-corrected chi connectivity index (χ1v) is 8.01. The van der Waals surface area contributed by atoms with Crippen LogP contribution < -0.4 is 10.1 Å². The zero-order valence-electron chi connectivity index (χ0n) is 11.2. The lowest BCUT2D eigenvalue weighted by Crippen LogP contribution is -2.22.